The molecule has 0 fully saturated rings. The lowest BCUT2D eigenvalue weighted by molar-refractivity contribution is 0.104. The number of nitrogens with one attached hydrogen (secondary N) is 2. The number of ether oxygens (including phenoxy) is 1. The van der Waals surface area contributed by atoms with Crippen molar-refractivity contribution in [3.8, 4) is 28.4 Å². The SMILES string of the molecule is CC.COc1ccc2cc(-c3nc4c5c(c(Nc6ccccc6)cc(C)c5n3)C(=O)c3ccccc3-4)c(NS(C)(=O)=O)cc2c1. The summed E-state index contributed by atoms with van der Waals surface area (Å²) in [5.41, 5.74) is 6.22. The van der Waals surface area contributed by atoms with Gasteiger partial charge in [-0.1, -0.05) is 62.4 Å². The van der Waals surface area contributed by atoms with Crippen LogP contribution in [0.2, 0.25) is 0 Å². The number of methoxy groups -OCH3 is 1. The molecule has 0 atom stereocenters. The molecular formula is C36H32N4O4S. The molecule has 1 heterocycles. The average molecular weight is 617 g/mol. The summed E-state index contributed by atoms with van der Waals surface area (Å²) in [5, 5.41) is 5.74. The summed E-state index contributed by atoms with van der Waals surface area (Å²) in [4.78, 5) is 24.0. The number of aromatic nitrogens is 2. The number of hydrogen-bond acceptors (Lipinski definition) is 7. The lowest BCUT2D eigenvalue weighted by Gasteiger charge is -2.24. The molecule has 0 radical (unpaired) electrons. The van der Waals surface area contributed by atoms with E-state index in [1.54, 1.807) is 19.2 Å². The zero-order chi connectivity index (χ0) is 31.9. The van der Waals surface area contributed by atoms with Gasteiger partial charge in [0, 0.05) is 27.8 Å². The highest BCUT2D eigenvalue weighted by atomic mass is 32.2. The number of fused-ring (bicyclic) bond motifs is 3. The summed E-state index contributed by atoms with van der Waals surface area (Å²) >= 11 is 0. The summed E-state index contributed by atoms with van der Waals surface area (Å²) in [6, 6.07) is 28.3. The highest BCUT2D eigenvalue weighted by Crippen LogP contribution is 2.44. The molecule has 2 N–H and O–H groups in total. The van der Waals surface area contributed by atoms with E-state index in [-0.39, 0.29) is 5.78 Å². The van der Waals surface area contributed by atoms with Gasteiger partial charge in [0.2, 0.25) is 10.0 Å². The monoisotopic (exact) mass is 616 g/mol. The van der Waals surface area contributed by atoms with Gasteiger partial charge in [0.25, 0.3) is 0 Å². The molecule has 5 aromatic carbocycles. The van der Waals surface area contributed by atoms with Crippen molar-refractivity contribution >= 4 is 54.5 Å². The molecule has 6 aromatic rings. The number of hydrogen-bond donors (Lipinski definition) is 2. The number of aryl methyl sites for hydroxylation is 1. The predicted molar refractivity (Wildman–Crippen MR) is 182 cm³/mol. The minimum Gasteiger partial charge on any atom is -0.497 e. The molecule has 1 aliphatic rings. The summed E-state index contributed by atoms with van der Waals surface area (Å²) in [7, 11) is -2.05. The largest absolute Gasteiger partial charge is 0.497 e. The van der Waals surface area contributed by atoms with E-state index in [2.05, 4.69) is 10.0 Å². The fraction of sp³-hybridized carbons (Fsp3) is 0.139. The maximum atomic E-state index is 14.0. The third-order valence-corrected chi connectivity index (χ3v) is 8.18. The fourth-order valence-electron chi connectivity index (χ4n) is 5.70. The number of carbonyl (C=O) groups excluding carboxylic acids is 1. The Balaban J connectivity index is 0.00000175. The minimum atomic E-state index is -3.63. The molecule has 0 bridgehead atoms. The Morgan fingerprint density at radius 1 is 0.756 bits per heavy atom. The number of sulfonamides is 1. The number of ketones is 1. The van der Waals surface area contributed by atoms with Gasteiger partial charge in [0.15, 0.2) is 11.6 Å². The lowest BCUT2D eigenvalue weighted by atomic mass is 9.84. The molecule has 0 amide bonds. The maximum Gasteiger partial charge on any atom is 0.229 e. The molecule has 8 nitrogen and oxygen atoms in total. The minimum absolute atomic E-state index is 0.109. The van der Waals surface area contributed by atoms with Crippen LogP contribution in [0.25, 0.3) is 44.3 Å². The molecule has 0 saturated carbocycles. The molecule has 45 heavy (non-hydrogen) atoms. The van der Waals surface area contributed by atoms with Gasteiger partial charge in [0.1, 0.15) is 5.75 Å². The Kier molecular flexibility index (Phi) is 7.72. The first-order valence-corrected chi connectivity index (χ1v) is 16.5. The van der Waals surface area contributed by atoms with Crippen molar-refractivity contribution in [3.05, 3.63) is 108 Å². The first kappa shape index (κ1) is 29.8. The Morgan fingerprint density at radius 3 is 2.18 bits per heavy atom. The molecule has 7 rings (SSSR count). The van der Waals surface area contributed by atoms with Crippen LogP contribution in [-0.2, 0) is 10.0 Å². The second-order valence-electron chi connectivity index (χ2n) is 10.6. The molecule has 9 heteroatoms. The summed E-state index contributed by atoms with van der Waals surface area (Å²) in [6.45, 7) is 5.95. The highest BCUT2D eigenvalue weighted by Gasteiger charge is 2.31. The van der Waals surface area contributed by atoms with Crippen molar-refractivity contribution in [3.63, 3.8) is 0 Å². The van der Waals surface area contributed by atoms with E-state index >= 15 is 0 Å². The van der Waals surface area contributed by atoms with E-state index in [1.165, 1.54) is 0 Å². The molecule has 226 valence electrons. The Morgan fingerprint density at radius 2 is 1.47 bits per heavy atom. The third-order valence-electron chi connectivity index (χ3n) is 7.59. The van der Waals surface area contributed by atoms with E-state index < -0.39 is 10.0 Å². The first-order chi connectivity index (χ1) is 21.7. The van der Waals surface area contributed by atoms with Crippen LogP contribution in [-0.4, -0.2) is 37.5 Å². The van der Waals surface area contributed by atoms with Crippen molar-refractivity contribution in [1.82, 2.24) is 9.97 Å². The van der Waals surface area contributed by atoms with Crippen LogP contribution in [0.3, 0.4) is 0 Å². The average Bonchev–Trinajstić information content (AvgIpc) is 3.04. The van der Waals surface area contributed by atoms with Crippen molar-refractivity contribution in [2.45, 2.75) is 20.8 Å². The maximum absolute atomic E-state index is 14.0. The second-order valence-corrected chi connectivity index (χ2v) is 12.3. The van der Waals surface area contributed by atoms with Crippen LogP contribution in [0.4, 0.5) is 17.1 Å². The predicted octanol–water partition coefficient (Wildman–Crippen LogP) is 8.12. The number of nitrogens with zero attached hydrogens (tertiary/aromatic N) is 2. The fourth-order valence-corrected chi connectivity index (χ4v) is 6.26. The van der Waals surface area contributed by atoms with E-state index in [0.717, 1.165) is 28.3 Å². The zero-order valence-electron chi connectivity index (χ0n) is 25.6. The number of rotatable bonds is 6. The summed E-state index contributed by atoms with van der Waals surface area (Å²) in [6.07, 6.45) is 1.11. The quantitative estimate of drug-likeness (QED) is 0.194. The number of carbonyl (C=O) groups is 1. The molecule has 0 aliphatic heterocycles. The van der Waals surface area contributed by atoms with Crippen molar-refractivity contribution in [2.24, 2.45) is 0 Å². The van der Waals surface area contributed by atoms with Gasteiger partial charge >= 0.3 is 0 Å². The number of para-hydroxylation sites is 1. The van der Waals surface area contributed by atoms with E-state index in [9.17, 15) is 13.2 Å². The Hall–Kier alpha value is -5.28. The standard InChI is InChI=1S/C34H26N4O4S.C2H6/c1-19-15-28(35-22-9-5-4-6-10-22)29-30-31(19)36-34(37-32(30)24-11-7-8-12-25(24)33(29)39)26-17-20-13-14-23(42-2)16-21(20)18-27(26)38-43(3,40)41;1-2/h4-18,35,38H,1-3H3;1-2H3. The van der Waals surface area contributed by atoms with Gasteiger partial charge < -0.3 is 10.1 Å². The van der Waals surface area contributed by atoms with Crippen LogP contribution >= 0.6 is 0 Å². The lowest BCUT2D eigenvalue weighted by Crippen LogP contribution is -2.15. The van der Waals surface area contributed by atoms with Crippen LogP contribution in [0.15, 0.2) is 91.0 Å². The van der Waals surface area contributed by atoms with Crippen molar-refractivity contribution in [1.29, 1.82) is 0 Å². The first-order valence-electron chi connectivity index (χ1n) is 14.6. The molecule has 0 saturated heterocycles. The summed E-state index contributed by atoms with van der Waals surface area (Å²) in [5.74, 6) is 0.886. The molecular weight excluding hydrogens is 584 g/mol. The second kappa shape index (κ2) is 11.7. The molecule has 1 aliphatic carbocycles. The van der Waals surface area contributed by atoms with Gasteiger partial charge in [-0.2, -0.15) is 0 Å². The zero-order valence-corrected chi connectivity index (χ0v) is 26.4. The van der Waals surface area contributed by atoms with Gasteiger partial charge in [-0.15, -0.1) is 0 Å². The molecule has 1 aromatic heterocycles. The van der Waals surface area contributed by atoms with Gasteiger partial charge in [-0.05, 0) is 65.7 Å². The van der Waals surface area contributed by atoms with E-state index in [4.69, 9.17) is 14.7 Å². The number of benzene rings is 5. The van der Waals surface area contributed by atoms with Gasteiger partial charge in [0.05, 0.1) is 41.5 Å². The van der Waals surface area contributed by atoms with Crippen molar-refractivity contribution < 1.29 is 17.9 Å². The highest BCUT2D eigenvalue weighted by molar-refractivity contribution is 7.92. The Labute approximate surface area is 262 Å². The molecule has 0 spiro atoms. The summed E-state index contributed by atoms with van der Waals surface area (Å²) < 4.78 is 32.9. The van der Waals surface area contributed by atoms with Gasteiger partial charge in [-0.3, -0.25) is 9.52 Å². The Bertz CT molecular complexity index is 2230. The van der Waals surface area contributed by atoms with Crippen LogP contribution in [0, 0.1) is 6.92 Å². The number of anilines is 3. The van der Waals surface area contributed by atoms with Gasteiger partial charge in [-0.25, -0.2) is 18.4 Å². The van der Waals surface area contributed by atoms with Crippen LogP contribution in [0.5, 0.6) is 5.75 Å². The van der Waals surface area contributed by atoms with Crippen molar-refractivity contribution in [2.75, 3.05) is 23.4 Å². The van der Waals surface area contributed by atoms with Crippen LogP contribution in [0.1, 0.15) is 35.3 Å². The smallest absolute Gasteiger partial charge is 0.229 e. The normalized spacial score (nSPS) is 11.9. The van der Waals surface area contributed by atoms with Crippen LogP contribution < -0.4 is 14.8 Å². The van der Waals surface area contributed by atoms with E-state index in [0.29, 0.717) is 61.8 Å². The molecule has 0 unspecified atom stereocenters. The van der Waals surface area contributed by atoms with E-state index in [1.807, 2.05) is 99.6 Å². The third kappa shape index (κ3) is 5.47. The topological polar surface area (TPSA) is 110 Å².